The van der Waals surface area contributed by atoms with Crippen molar-refractivity contribution in [2.45, 2.75) is 0 Å². The number of rotatable bonds is 10. The van der Waals surface area contributed by atoms with Crippen molar-refractivity contribution in [1.82, 2.24) is 13.7 Å². The molecule has 0 spiro atoms. The third-order valence-electron chi connectivity index (χ3n) is 18.9. The fourth-order valence-electron chi connectivity index (χ4n) is 15.3. The molecular weight excluding hydrogens is 1120 g/mol. The van der Waals surface area contributed by atoms with Gasteiger partial charge in [-0.1, -0.05) is 194 Å². The minimum atomic E-state index is -0.213. The average molecular weight is 1180 g/mol. The molecule has 0 bridgehead atoms. The molecule has 8 heteroatoms. The van der Waals surface area contributed by atoms with Gasteiger partial charge in [0.25, 0.3) is 6.71 Å². The van der Waals surface area contributed by atoms with Crippen LogP contribution >= 0.6 is 0 Å². The molecule has 0 atom stereocenters. The van der Waals surface area contributed by atoms with Crippen LogP contribution in [0.4, 0.5) is 51.2 Å². The zero-order valence-corrected chi connectivity index (χ0v) is 49.9. The van der Waals surface area contributed by atoms with Crippen molar-refractivity contribution >= 4 is 140 Å². The summed E-state index contributed by atoms with van der Waals surface area (Å²) in [6.07, 6.45) is 0. The van der Waals surface area contributed by atoms with Gasteiger partial charge in [-0.25, -0.2) is 0 Å². The molecule has 0 saturated heterocycles. The van der Waals surface area contributed by atoms with Crippen molar-refractivity contribution in [2.75, 3.05) is 14.7 Å². The predicted octanol–water partition coefficient (Wildman–Crippen LogP) is 20.3. The minimum absolute atomic E-state index is 0.213. The Morgan fingerprint density at radius 2 is 0.620 bits per heavy atom. The standard InChI is InChI=1S/C84H55BN6O/c1-8-28-56(29-9-1)86(57-30-10-2-11-31-57)63-48-50-69-74(52-63)88(60-36-16-5-17-37-60)75-53-65(55-77-81(75)85(69)70-51-49-64(54-76(70)92-77)87(58-32-12-3-13-33-58)59-34-14-4-15-35-59)91-73-47-27-24-44-68(73)80-83-78(66-42-22-25-45-71(66)89(83)61-38-18-6-19-39-61)82-79(84(80)91)67-43-23-26-46-72(67)90(82)62-40-20-7-21-41-62/h1-55H. The summed E-state index contributed by atoms with van der Waals surface area (Å²) < 4.78 is 15.4. The Balaban J connectivity index is 0.957. The quantitative estimate of drug-likeness (QED) is 0.128. The summed E-state index contributed by atoms with van der Waals surface area (Å²) in [6.45, 7) is -0.213. The van der Waals surface area contributed by atoms with Crippen LogP contribution in [0.1, 0.15) is 0 Å². The fourth-order valence-corrected chi connectivity index (χ4v) is 15.3. The smallest absolute Gasteiger partial charge is 0.256 e. The molecule has 0 saturated carbocycles. The Labute approximate surface area is 532 Å². The van der Waals surface area contributed by atoms with Gasteiger partial charge in [0.15, 0.2) is 0 Å². The van der Waals surface area contributed by atoms with E-state index in [9.17, 15) is 0 Å². The molecule has 5 heterocycles. The zero-order valence-electron chi connectivity index (χ0n) is 49.9. The molecule has 0 amide bonds. The van der Waals surface area contributed by atoms with Gasteiger partial charge in [-0.2, -0.15) is 0 Å². The van der Waals surface area contributed by atoms with E-state index in [-0.39, 0.29) is 6.71 Å². The molecule has 0 unspecified atom stereocenters. The molecule has 19 rings (SSSR count). The number of hydrogen-bond donors (Lipinski definition) is 0. The summed E-state index contributed by atoms with van der Waals surface area (Å²) in [5, 5.41) is 7.09. The van der Waals surface area contributed by atoms with E-state index in [1.165, 1.54) is 32.4 Å². The lowest BCUT2D eigenvalue weighted by molar-refractivity contribution is 0.487. The molecule has 0 radical (unpaired) electrons. The van der Waals surface area contributed by atoms with Crippen molar-refractivity contribution in [3.8, 4) is 28.6 Å². The normalized spacial score (nSPS) is 12.4. The average Bonchev–Trinajstić information content (AvgIpc) is 1.62. The number of fused-ring (bicyclic) bond motifs is 16. The Bertz CT molecular complexity index is 5590. The highest BCUT2D eigenvalue weighted by atomic mass is 16.5. The van der Waals surface area contributed by atoms with E-state index in [4.69, 9.17) is 4.74 Å². The molecule has 7 nitrogen and oxygen atoms in total. The van der Waals surface area contributed by atoms with E-state index in [1.54, 1.807) is 0 Å². The predicted molar refractivity (Wildman–Crippen MR) is 385 cm³/mol. The molecule has 2 aliphatic heterocycles. The Hall–Kier alpha value is -12.3. The number of ether oxygens (including phenoxy) is 1. The molecule has 0 N–H and O–H groups in total. The molecule has 14 aromatic carbocycles. The third-order valence-corrected chi connectivity index (χ3v) is 18.9. The van der Waals surface area contributed by atoms with Gasteiger partial charge in [-0.15, -0.1) is 0 Å². The molecule has 430 valence electrons. The van der Waals surface area contributed by atoms with Gasteiger partial charge < -0.3 is 33.1 Å². The van der Waals surface area contributed by atoms with E-state index in [0.717, 1.165) is 129 Å². The highest BCUT2D eigenvalue weighted by Crippen LogP contribution is 2.52. The first kappa shape index (κ1) is 51.8. The third kappa shape index (κ3) is 7.77. The van der Waals surface area contributed by atoms with Crippen LogP contribution in [0, 0.1) is 0 Å². The molecule has 3 aromatic heterocycles. The summed E-state index contributed by atoms with van der Waals surface area (Å²) in [7, 11) is 0. The van der Waals surface area contributed by atoms with E-state index < -0.39 is 0 Å². The molecular formula is C84H55BN6O. The molecule has 17 aromatic rings. The van der Waals surface area contributed by atoms with Gasteiger partial charge in [0.1, 0.15) is 11.5 Å². The molecule has 92 heavy (non-hydrogen) atoms. The van der Waals surface area contributed by atoms with Crippen molar-refractivity contribution in [2.24, 2.45) is 0 Å². The van der Waals surface area contributed by atoms with Crippen LogP contribution in [-0.2, 0) is 0 Å². The number of para-hydroxylation sites is 10. The Morgan fingerprint density at radius 1 is 0.261 bits per heavy atom. The van der Waals surface area contributed by atoms with Gasteiger partial charge in [0.05, 0.1) is 38.8 Å². The first-order chi connectivity index (χ1) is 45.7. The largest absolute Gasteiger partial charge is 0.458 e. The monoisotopic (exact) mass is 1170 g/mol. The zero-order chi connectivity index (χ0) is 60.4. The van der Waals surface area contributed by atoms with Gasteiger partial charge in [0.2, 0.25) is 0 Å². The maximum Gasteiger partial charge on any atom is 0.256 e. The van der Waals surface area contributed by atoms with Crippen LogP contribution in [0.5, 0.6) is 11.5 Å². The second kappa shape index (κ2) is 20.7. The second-order valence-corrected chi connectivity index (χ2v) is 24.0. The minimum Gasteiger partial charge on any atom is -0.458 e. The maximum absolute atomic E-state index is 7.75. The first-order valence-corrected chi connectivity index (χ1v) is 31.5. The molecule has 0 fully saturated rings. The number of anilines is 9. The van der Waals surface area contributed by atoms with Crippen molar-refractivity contribution in [3.05, 3.63) is 334 Å². The Kier molecular flexibility index (Phi) is 11.6. The fraction of sp³-hybridized carbons (Fsp3) is 0. The highest BCUT2D eigenvalue weighted by molar-refractivity contribution is 6.99. The van der Waals surface area contributed by atoms with Gasteiger partial charge in [-0.3, -0.25) is 0 Å². The summed E-state index contributed by atoms with van der Waals surface area (Å²) >= 11 is 0. The number of aromatic nitrogens is 3. The van der Waals surface area contributed by atoms with E-state index >= 15 is 0 Å². The van der Waals surface area contributed by atoms with Crippen LogP contribution in [0.3, 0.4) is 0 Å². The second-order valence-electron chi connectivity index (χ2n) is 24.0. The van der Waals surface area contributed by atoms with Crippen molar-refractivity contribution in [3.63, 3.8) is 0 Å². The summed E-state index contributed by atoms with van der Waals surface area (Å²) in [5.74, 6) is 1.61. The lowest BCUT2D eigenvalue weighted by Crippen LogP contribution is -2.59. The van der Waals surface area contributed by atoms with E-state index in [0.29, 0.717) is 0 Å². The Morgan fingerprint density at radius 3 is 1.05 bits per heavy atom. The van der Waals surface area contributed by atoms with E-state index in [1.807, 2.05) is 0 Å². The highest BCUT2D eigenvalue weighted by Gasteiger charge is 2.43. The van der Waals surface area contributed by atoms with Crippen LogP contribution in [0.2, 0.25) is 0 Å². The topological polar surface area (TPSA) is 33.7 Å². The number of hydrogen-bond acceptors (Lipinski definition) is 4. The lowest BCUT2D eigenvalue weighted by Gasteiger charge is -2.41. The summed E-state index contributed by atoms with van der Waals surface area (Å²) in [5.41, 5.74) is 22.9. The molecule has 0 aliphatic carbocycles. The SMILES string of the molecule is c1ccc(N(c2ccccc2)c2ccc3c(c2)Oc2cc(-n4c5ccccc5c5c6c(c7ccccc7n6-c6ccccc6)c6c(c7ccccc7n6-c6ccccc6)c54)cc4c2B3c2ccc(N(c3ccccc3)c3ccccc3)cc2N4c2ccccc2)cc1. The molecule has 2 aliphatic rings. The summed E-state index contributed by atoms with van der Waals surface area (Å²) in [4.78, 5) is 7.19. The number of benzene rings is 14. The summed E-state index contributed by atoms with van der Waals surface area (Å²) in [6, 6.07) is 121. The van der Waals surface area contributed by atoms with Crippen LogP contribution < -0.4 is 35.8 Å². The van der Waals surface area contributed by atoms with Gasteiger partial charge >= 0.3 is 0 Å². The van der Waals surface area contributed by atoms with Crippen molar-refractivity contribution in [1.29, 1.82) is 0 Å². The van der Waals surface area contributed by atoms with Gasteiger partial charge in [-0.05, 0) is 144 Å². The first-order valence-electron chi connectivity index (χ1n) is 31.5. The van der Waals surface area contributed by atoms with Gasteiger partial charge in [0, 0.05) is 107 Å². The van der Waals surface area contributed by atoms with Crippen LogP contribution in [-0.4, -0.2) is 20.4 Å². The van der Waals surface area contributed by atoms with E-state index in [2.05, 4.69) is 362 Å². The number of nitrogens with zero attached hydrogens (tertiary/aromatic N) is 6. The van der Waals surface area contributed by atoms with Crippen LogP contribution in [0.25, 0.3) is 82.5 Å². The lowest BCUT2D eigenvalue weighted by atomic mass is 9.34. The maximum atomic E-state index is 7.75. The van der Waals surface area contributed by atoms with Crippen LogP contribution in [0.15, 0.2) is 334 Å². The van der Waals surface area contributed by atoms with Crippen molar-refractivity contribution < 1.29 is 4.74 Å².